The summed E-state index contributed by atoms with van der Waals surface area (Å²) in [7, 11) is 1.72. The minimum atomic E-state index is -4.40. The number of thiazole rings is 1. The van der Waals surface area contributed by atoms with Crippen molar-refractivity contribution < 1.29 is 27.5 Å². The summed E-state index contributed by atoms with van der Waals surface area (Å²) in [6.45, 7) is 8.92. The molecule has 2 heterocycles. The van der Waals surface area contributed by atoms with E-state index in [1.165, 1.54) is 23.5 Å². The molecule has 0 radical (unpaired) electrons. The molecule has 0 aliphatic carbocycles. The molecule has 0 unspecified atom stereocenters. The van der Waals surface area contributed by atoms with Crippen LogP contribution in [0.5, 0.6) is 0 Å². The Kier molecular flexibility index (Phi) is 7.59. The fourth-order valence-electron chi connectivity index (χ4n) is 3.78. The number of piperidine rings is 1. The van der Waals surface area contributed by atoms with Gasteiger partial charge in [-0.05, 0) is 58.6 Å². The van der Waals surface area contributed by atoms with E-state index in [0.29, 0.717) is 40.8 Å². The van der Waals surface area contributed by atoms with Crippen molar-refractivity contribution in [3.05, 3.63) is 40.4 Å². The zero-order chi connectivity index (χ0) is 25.3. The van der Waals surface area contributed by atoms with Gasteiger partial charge in [-0.25, -0.2) is 9.78 Å². The monoisotopic (exact) mass is 497 g/mol. The van der Waals surface area contributed by atoms with E-state index in [2.05, 4.69) is 4.98 Å². The summed E-state index contributed by atoms with van der Waals surface area (Å²) in [4.78, 5) is 33.6. The minimum Gasteiger partial charge on any atom is -0.444 e. The fourth-order valence-corrected chi connectivity index (χ4v) is 4.82. The molecule has 1 saturated heterocycles. The number of rotatable bonds is 4. The summed E-state index contributed by atoms with van der Waals surface area (Å²) < 4.78 is 43.8. The molecular weight excluding hydrogens is 467 g/mol. The molecule has 1 fully saturated rings. The van der Waals surface area contributed by atoms with Crippen molar-refractivity contribution in [2.75, 3.05) is 26.7 Å². The number of likely N-dealkylation sites (tertiary alicyclic amines) is 1. The van der Waals surface area contributed by atoms with Crippen LogP contribution in [0.15, 0.2) is 24.3 Å². The van der Waals surface area contributed by atoms with Gasteiger partial charge in [0.25, 0.3) is 5.91 Å². The third-order valence-electron chi connectivity index (χ3n) is 5.59. The third-order valence-corrected chi connectivity index (χ3v) is 6.78. The van der Waals surface area contributed by atoms with Crippen molar-refractivity contribution in [3.63, 3.8) is 0 Å². The minimum absolute atomic E-state index is 0.118. The number of aromatic nitrogens is 1. The van der Waals surface area contributed by atoms with Crippen LogP contribution in [-0.2, 0) is 10.9 Å². The summed E-state index contributed by atoms with van der Waals surface area (Å²) in [5, 5.41) is 0.517. The highest BCUT2D eigenvalue weighted by atomic mass is 32.1. The Hall–Kier alpha value is -2.62. The van der Waals surface area contributed by atoms with E-state index >= 15 is 0 Å². The number of hydrogen-bond donors (Lipinski definition) is 0. The smallest absolute Gasteiger partial charge is 0.416 e. The standard InChI is InChI=1S/C24H30F3N3O3S/c1-15-19(34-20(28-15)17-6-8-18(9-7-17)24(25,26)27)21(31)30-12-10-16(11-13-30)14-29(5)22(32)33-23(2,3)4/h6-9,16H,10-14H2,1-5H3. The Morgan fingerprint density at radius 1 is 1.15 bits per heavy atom. The molecule has 3 rings (SSSR count). The largest absolute Gasteiger partial charge is 0.444 e. The number of nitrogens with zero attached hydrogens (tertiary/aromatic N) is 3. The second-order valence-electron chi connectivity index (χ2n) is 9.61. The van der Waals surface area contributed by atoms with Crippen LogP contribution in [0.4, 0.5) is 18.0 Å². The van der Waals surface area contributed by atoms with E-state index in [4.69, 9.17) is 4.74 Å². The number of ether oxygens (including phenoxy) is 1. The molecule has 0 N–H and O–H groups in total. The van der Waals surface area contributed by atoms with Crippen LogP contribution in [0, 0.1) is 12.8 Å². The summed E-state index contributed by atoms with van der Waals surface area (Å²) in [5.41, 5.74) is -0.158. The fraction of sp³-hybridized carbons (Fsp3) is 0.542. The summed E-state index contributed by atoms with van der Waals surface area (Å²) in [6, 6.07) is 4.79. The lowest BCUT2D eigenvalue weighted by atomic mass is 9.96. The lowest BCUT2D eigenvalue weighted by Crippen LogP contribution is -2.43. The normalized spacial score (nSPS) is 15.4. The first-order valence-corrected chi connectivity index (χ1v) is 11.9. The molecule has 186 valence electrons. The molecule has 6 nitrogen and oxygen atoms in total. The molecule has 34 heavy (non-hydrogen) atoms. The van der Waals surface area contributed by atoms with Gasteiger partial charge >= 0.3 is 12.3 Å². The van der Waals surface area contributed by atoms with Gasteiger partial charge in [-0.1, -0.05) is 12.1 Å². The van der Waals surface area contributed by atoms with E-state index in [-0.39, 0.29) is 17.9 Å². The number of carbonyl (C=O) groups excluding carboxylic acids is 2. The molecule has 10 heteroatoms. The van der Waals surface area contributed by atoms with Crippen molar-refractivity contribution in [1.29, 1.82) is 0 Å². The Balaban J connectivity index is 1.59. The van der Waals surface area contributed by atoms with Gasteiger partial charge in [0.15, 0.2) is 0 Å². The number of hydrogen-bond acceptors (Lipinski definition) is 5. The van der Waals surface area contributed by atoms with Gasteiger partial charge in [0, 0.05) is 32.2 Å². The van der Waals surface area contributed by atoms with Crippen LogP contribution in [0.2, 0.25) is 0 Å². The molecule has 2 aromatic rings. The van der Waals surface area contributed by atoms with Crippen LogP contribution < -0.4 is 0 Å². The van der Waals surface area contributed by atoms with Crippen molar-refractivity contribution in [2.24, 2.45) is 5.92 Å². The van der Waals surface area contributed by atoms with E-state index in [1.54, 1.807) is 23.8 Å². The number of alkyl halides is 3. The van der Waals surface area contributed by atoms with Crippen molar-refractivity contribution >= 4 is 23.3 Å². The van der Waals surface area contributed by atoms with Gasteiger partial charge < -0.3 is 14.5 Å². The second kappa shape index (κ2) is 9.93. The lowest BCUT2D eigenvalue weighted by molar-refractivity contribution is -0.137. The van der Waals surface area contributed by atoms with Gasteiger partial charge in [-0.2, -0.15) is 13.2 Å². The maximum atomic E-state index is 13.1. The van der Waals surface area contributed by atoms with E-state index < -0.39 is 17.3 Å². The van der Waals surface area contributed by atoms with Crippen LogP contribution in [0.25, 0.3) is 10.6 Å². The molecule has 2 amide bonds. The summed E-state index contributed by atoms with van der Waals surface area (Å²) in [5.74, 6) is 0.152. The molecule has 0 atom stereocenters. The molecule has 1 aliphatic rings. The van der Waals surface area contributed by atoms with Gasteiger partial charge in [0.05, 0.1) is 11.3 Å². The molecule has 0 bridgehead atoms. The number of aryl methyl sites for hydroxylation is 1. The third kappa shape index (κ3) is 6.49. The zero-order valence-corrected chi connectivity index (χ0v) is 20.8. The molecule has 1 aromatic carbocycles. The first-order valence-electron chi connectivity index (χ1n) is 11.1. The highest BCUT2D eigenvalue weighted by molar-refractivity contribution is 7.17. The van der Waals surface area contributed by atoms with Gasteiger partial charge in [0.1, 0.15) is 15.5 Å². The maximum absolute atomic E-state index is 13.1. The molecule has 1 aromatic heterocycles. The Labute approximate surface area is 201 Å². The van der Waals surface area contributed by atoms with Gasteiger partial charge in [0.2, 0.25) is 0 Å². The number of amides is 2. The predicted octanol–water partition coefficient (Wildman–Crippen LogP) is 5.86. The van der Waals surface area contributed by atoms with Crippen LogP contribution in [0.3, 0.4) is 0 Å². The highest BCUT2D eigenvalue weighted by Crippen LogP contribution is 2.33. The second-order valence-corrected chi connectivity index (χ2v) is 10.6. The van der Waals surface area contributed by atoms with Gasteiger partial charge in [-0.3, -0.25) is 4.79 Å². The predicted molar refractivity (Wildman–Crippen MR) is 125 cm³/mol. The molecular formula is C24H30F3N3O3S. The zero-order valence-electron chi connectivity index (χ0n) is 20.0. The average molecular weight is 498 g/mol. The maximum Gasteiger partial charge on any atom is 0.416 e. The number of carbonyl (C=O) groups is 2. The Bertz CT molecular complexity index is 1020. The first kappa shape index (κ1) is 26.0. The van der Waals surface area contributed by atoms with Crippen molar-refractivity contribution in [3.8, 4) is 10.6 Å². The van der Waals surface area contributed by atoms with E-state index in [1.807, 2.05) is 20.8 Å². The van der Waals surface area contributed by atoms with Crippen LogP contribution in [-0.4, -0.2) is 59.1 Å². The van der Waals surface area contributed by atoms with Crippen molar-refractivity contribution in [1.82, 2.24) is 14.8 Å². The number of benzene rings is 1. The topological polar surface area (TPSA) is 62.7 Å². The highest BCUT2D eigenvalue weighted by Gasteiger charge is 2.31. The summed E-state index contributed by atoms with van der Waals surface area (Å²) >= 11 is 1.20. The van der Waals surface area contributed by atoms with Crippen molar-refractivity contribution in [2.45, 2.75) is 52.3 Å². The Morgan fingerprint density at radius 3 is 2.26 bits per heavy atom. The van der Waals surface area contributed by atoms with E-state index in [9.17, 15) is 22.8 Å². The molecule has 0 saturated carbocycles. The van der Waals surface area contributed by atoms with Crippen LogP contribution >= 0.6 is 11.3 Å². The van der Waals surface area contributed by atoms with Crippen LogP contribution in [0.1, 0.15) is 54.5 Å². The number of halogens is 3. The Morgan fingerprint density at radius 2 is 1.74 bits per heavy atom. The lowest BCUT2D eigenvalue weighted by Gasteiger charge is -2.34. The quantitative estimate of drug-likeness (QED) is 0.531. The average Bonchev–Trinajstić information content (AvgIpc) is 3.13. The molecule has 0 spiro atoms. The SMILES string of the molecule is Cc1nc(-c2ccc(C(F)(F)F)cc2)sc1C(=O)N1CCC(CN(C)C(=O)OC(C)(C)C)CC1. The first-order chi connectivity index (χ1) is 15.7. The molecule has 1 aliphatic heterocycles. The van der Waals surface area contributed by atoms with E-state index in [0.717, 1.165) is 25.0 Å². The summed E-state index contributed by atoms with van der Waals surface area (Å²) in [6.07, 6.45) is -3.22. The van der Waals surface area contributed by atoms with Gasteiger partial charge in [-0.15, -0.1) is 11.3 Å².